The highest BCUT2D eigenvalue weighted by Crippen LogP contribution is 2.35. The normalized spacial score (nSPS) is 15.1. The second-order valence-electron chi connectivity index (χ2n) is 5.72. The maximum atomic E-state index is 13.6. The van der Waals surface area contributed by atoms with E-state index in [2.05, 4.69) is 4.98 Å². The van der Waals surface area contributed by atoms with Gasteiger partial charge in [-0.25, -0.2) is 4.39 Å². The van der Waals surface area contributed by atoms with Gasteiger partial charge in [0.25, 0.3) is 5.91 Å². The minimum Gasteiger partial charge on any atom is -0.494 e. The van der Waals surface area contributed by atoms with Crippen LogP contribution in [0.4, 0.5) is 4.39 Å². The lowest BCUT2D eigenvalue weighted by atomic mass is 10.1. The number of amides is 1. The van der Waals surface area contributed by atoms with E-state index < -0.39 is 5.82 Å². The molecule has 1 heterocycles. The zero-order chi connectivity index (χ0) is 16.4. The van der Waals surface area contributed by atoms with E-state index in [1.807, 2.05) is 30.0 Å². The van der Waals surface area contributed by atoms with Crippen LogP contribution < -0.4 is 4.74 Å². The van der Waals surface area contributed by atoms with Crippen molar-refractivity contribution in [3.8, 4) is 5.75 Å². The number of carbonyl (C=O) groups excluding carboxylic acids is 1. The van der Waals surface area contributed by atoms with Crippen molar-refractivity contribution in [1.82, 2.24) is 9.88 Å². The molecule has 4 nitrogen and oxygen atoms in total. The van der Waals surface area contributed by atoms with Gasteiger partial charge in [0.15, 0.2) is 11.6 Å². The van der Waals surface area contributed by atoms with Crippen molar-refractivity contribution < 1.29 is 13.9 Å². The summed E-state index contributed by atoms with van der Waals surface area (Å²) in [6.45, 7) is 1.97. The lowest BCUT2D eigenvalue weighted by Gasteiger charge is -2.29. The summed E-state index contributed by atoms with van der Waals surface area (Å²) in [7, 11) is 1.39. The van der Waals surface area contributed by atoms with Gasteiger partial charge in [0.1, 0.15) is 0 Å². The zero-order valence-corrected chi connectivity index (χ0v) is 13.2. The number of carbonyl (C=O) groups is 1. The molecule has 0 unspecified atom stereocenters. The average molecular weight is 314 g/mol. The van der Waals surface area contributed by atoms with Crippen LogP contribution in [0, 0.1) is 5.82 Å². The molecule has 0 bridgehead atoms. The fourth-order valence-corrected chi connectivity index (χ4v) is 2.72. The highest BCUT2D eigenvalue weighted by molar-refractivity contribution is 5.95. The average Bonchev–Trinajstić information content (AvgIpc) is 3.41. The highest BCUT2D eigenvalue weighted by Gasteiger charge is 2.37. The monoisotopic (exact) mass is 314 g/mol. The van der Waals surface area contributed by atoms with Crippen molar-refractivity contribution in [2.45, 2.75) is 31.8 Å². The molecule has 1 aliphatic rings. The minimum atomic E-state index is -0.472. The Morgan fingerprint density at radius 2 is 2.13 bits per heavy atom. The molecule has 0 radical (unpaired) electrons. The summed E-state index contributed by atoms with van der Waals surface area (Å²) in [4.78, 5) is 19.1. The van der Waals surface area contributed by atoms with E-state index in [4.69, 9.17) is 4.74 Å². The third-order valence-electron chi connectivity index (χ3n) is 4.11. The Hall–Kier alpha value is -2.43. The van der Waals surface area contributed by atoms with Crippen molar-refractivity contribution in [3.05, 3.63) is 59.7 Å². The Kier molecular flexibility index (Phi) is 4.28. The first kappa shape index (κ1) is 15.5. The number of rotatable bonds is 5. The molecule has 23 heavy (non-hydrogen) atoms. The summed E-state index contributed by atoms with van der Waals surface area (Å²) in [5.74, 6) is -0.513. The van der Waals surface area contributed by atoms with Crippen molar-refractivity contribution in [1.29, 1.82) is 0 Å². The van der Waals surface area contributed by atoms with Crippen LogP contribution in [0.3, 0.4) is 0 Å². The first-order chi connectivity index (χ1) is 11.1. The van der Waals surface area contributed by atoms with Gasteiger partial charge >= 0.3 is 0 Å². The summed E-state index contributed by atoms with van der Waals surface area (Å²) in [5.41, 5.74) is 1.28. The fourth-order valence-electron chi connectivity index (χ4n) is 2.72. The van der Waals surface area contributed by atoms with Gasteiger partial charge in [-0.1, -0.05) is 6.07 Å². The molecule has 1 aromatic heterocycles. The van der Waals surface area contributed by atoms with E-state index >= 15 is 0 Å². The van der Waals surface area contributed by atoms with Crippen LogP contribution in [0.2, 0.25) is 0 Å². The van der Waals surface area contributed by atoms with Crippen LogP contribution in [0.25, 0.3) is 0 Å². The van der Waals surface area contributed by atoms with Crippen LogP contribution in [0.15, 0.2) is 42.6 Å². The van der Waals surface area contributed by atoms with Crippen LogP contribution in [-0.4, -0.2) is 28.9 Å². The predicted octanol–water partition coefficient (Wildman–Crippen LogP) is 3.60. The molecule has 0 saturated heterocycles. The van der Waals surface area contributed by atoms with Gasteiger partial charge in [-0.2, -0.15) is 0 Å². The van der Waals surface area contributed by atoms with Gasteiger partial charge in [-0.15, -0.1) is 0 Å². The van der Waals surface area contributed by atoms with Crippen LogP contribution in [0.1, 0.15) is 41.9 Å². The van der Waals surface area contributed by atoms with Crippen molar-refractivity contribution in [3.63, 3.8) is 0 Å². The first-order valence-corrected chi connectivity index (χ1v) is 7.69. The number of hydrogen-bond acceptors (Lipinski definition) is 3. The number of aromatic nitrogens is 1. The van der Waals surface area contributed by atoms with E-state index in [9.17, 15) is 9.18 Å². The largest absolute Gasteiger partial charge is 0.494 e. The maximum Gasteiger partial charge on any atom is 0.254 e. The number of halogens is 1. The molecular formula is C18H19FN2O2. The van der Waals surface area contributed by atoms with Gasteiger partial charge in [-0.05, 0) is 50.1 Å². The van der Waals surface area contributed by atoms with E-state index in [1.54, 1.807) is 6.20 Å². The smallest absolute Gasteiger partial charge is 0.254 e. The number of pyridine rings is 1. The second kappa shape index (κ2) is 6.36. The van der Waals surface area contributed by atoms with E-state index in [0.717, 1.165) is 18.5 Å². The second-order valence-corrected chi connectivity index (χ2v) is 5.72. The lowest BCUT2D eigenvalue weighted by Crippen LogP contribution is -2.36. The molecule has 5 heteroatoms. The minimum absolute atomic E-state index is 0.0806. The van der Waals surface area contributed by atoms with Crippen molar-refractivity contribution in [2.24, 2.45) is 0 Å². The third-order valence-corrected chi connectivity index (χ3v) is 4.11. The molecule has 120 valence electrons. The summed E-state index contributed by atoms with van der Waals surface area (Å²) in [5, 5.41) is 0. The number of ether oxygens (including phenoxy) is 1. The molecule has 1 aliphatic carbocycles. The van der Waals surface area contributed by atoms with Crippen molar-refractivity contribution >= 4 is 5.91 Å². The van der Waals surface area contributed by atoms with Gasteiger partial charge in [0, 0.05) is 17.8 Å². The van der Waals surface area contributed by atoms with E-state index in [0.29, 0.717) is 5.56 Å². The summed E-state index contributed by atoms with van der Waals surface area (Å²) in [6, 6.07) is 9.99. The van der Waals surface area contributed by atoms with E-state index in [1.165, 1.54) is 25.3 Å². The van der Waals surface area contributed by atoms with Gasteiger partial charge in [-0.3, -0.25) is 9.78 Å². The van der Waals surface area contributed by atoms with Crippen molar-refractivity contribution in [2.75, 3.05) is 7.11 Å². The molecule has 1 aromatic carbocycles. The number of nitrogens with zero attached hydrogens (tertiary/aromatic N) is 2. The highest BCUT2D eigenvalue weighted by atomic mass is 19.1. The summed E-state index contributed by atoms with van der Waals surface area (Å²) in [6.07, 6.45) is 3.70. The van der Waals surface area contributed by atoms with Gasteiger partial charge < -0.3 is 9.64 Å². The maximum absolute atomic E-state index is 13.6. The number of hydrogen-bond donors (Lipinski definition) is 0. The molecule has 1 fully saturated rings. The molecule has 1 saturated carbocycles. The molecule has 0 N–H and O–H groups in total. The van der Waals surface area contributed by atoms with E-state index in [-0.39, 0.29) is 23.7 Å². The van der Waals surface area contributed by atoms with Gasteiger partial charge in [0.05, 0.1) is 18.8 Å². The third kappa shape index (κ3) is 3.18. The molecule has 0 spiro atoms. The molecule has 1 amide bonds. The standard InChI is InChI=1S/C18H19FN2O2/c1-12(16-5-3-4-10-20-16)21(14-7-8-14)18(22)13-6-9-15(19)17(11-13)23-2/h3-6,9-12,14H,7-8H2,1-2H3/t12-/m1/s1. The Morgan fingerprint density at radius 1 is 1.35 bits per heavy atom. The number of methoxy groups -OCH3 is 1. The quantitative estimate of drug-likeness (QED) is 0.847. The molecule has 3 rings (SSSR count). The SMILES string of the molecule is COc1cc(C(=O)N(C2CC2)[C@H](C)c2ccccn2)ccc1F. The molecule has 2 aromatic rings. The van der Waals surface area contributed by atoms with Crippen LogP contribution >= 0.6 is 0 Å². The Balaban J connectivity index is 1.91. The summed E-state index contributed by atoms with van der Waals surface area (Å²) >= 11 is 0. The Bertz CT molecular complexity index is 701. The van der Waals surface area contributed by atoms with Crippen LogP contribution in [-0.2, 0) is 0 Å². The molecular weight excluding hydrogens is 295 g/mol. The Labute approximate surface area is 134 Å². The zero-order valence-electron chi connectivity index (χ0n) is 13.2. The lowest BCUT2D eigenvalue weighted by molar-refractivity contribution is 0.0669. The summed E-state index contributed by atoms with van der Waals surface area (Å²) < 4.78 is 18.5. The molecule has 0 aliphatic heterocycles. The first-order valence-electron chi connectivity index (χ1n) is 7.69. The molecule has 1 atom stereocenters. The van der Waals surface area contributed by atoms with Gasteiger partial charge in [0.2, 0.25) is 0 Å². The Morgan fingerprint density at radius 3 is 2.74 bits per heavy atom. The fraction of sp³-hybridized carbons (Fsp3) is 0.333. The topological polar surface area (TPSA) is 42.4 Å². The number of benzene rings is 1. The van der Waals surface area contributed by atoms with Crippen LogP contribution in [0.5, 0.6) is 5.75 Å². The predicted molar refractivity (Wildman–Crippen MR) is 84.8 cm³/mol.